The van der Waals surface area contributed by atoms with Crippen molar-refractivity contribution in [3.05, 3.63) is 30.0 Å². The van der Waals surface area contributed by atoms with E-state index < -0.39 is 5.82 Å². The third-order valence-corrected chi connectivity index (χ3v) is 2.23. The molecular weight excluding hydrogens is 263 g/mol. The molecule has 0 atom stereocenters. The van der Waals surface area contributed by atoms with Crippen molar-refractivity contribution in [2.45, 2.75) is 6.61 Å². The van der Waals surface area contributed by atoms with Crippen LogP contribution in [0.2, 0.25) is 0 Å². The number of ether oxygens (including phenoxy) is 1. The van der Waals surface area contributed by atoms with Crippen LogP contribution in [0.4, 0.5) is 10.2 Å². The second-order valence-corrected chi connectivity index (χ2v) is 4.30. The summed E-state index contributed by atoms with van der Waals surface area (Å²) in [6, 6.07) is 1.87. The quantitative estimate of drug-likeness (QED) is 0.606. The summed E-state index contributed by atoms with van der Waals surface area (Å²) in [5.41, 5.74) is 0.735. The van der Waals surface area contributed by atoms with Gasteiger partial charge in [-0.05, 0) is 6.07 Å². The van der Waals surface area contributed by atoms with Crippen LogP contribution in [0.25, 0.3) is 0 Å². The second-order valence-electron chi connectivity index (χ2n) is 4.30. The average molecular weight is 278 g/mol. The second kappa shape index (κ2) is 6.09. The number of aryl methyl sites for hydroxylation is 1. The Labute approximate surface area is 115 Å². The molecule has 0 saturated heterocycles. The van der Waals surface area contributed by atoms with Gasteiger partial charge in [-0.15, -0.1) is 0 Å². The molecular formula is C12H15FN6O. The van der Waals surface area contributed by atoms with Crippen molar-refractivity contribution in [3.8, 4) is 6.01 Å². The Bertz CT molecular complexity index is 610. The molecule has 0 saturated carbocycles. The minimum atomic E-state index is -0.603. The van der Waals surface area contributed by atoms with E-state index in [0.29, 0.717) is 0 Å². The molecule has 8 heteroatoms. The lowest BCUT2D eigenvalue weighted by Gasteiger charge is -2.05. The molecule has 0 aliphatic heterocycles. The molecule has 0 N–H and O–H groups in total. The topological polar surface area (TPSA) is 68.4 Å². The van der Waals surface area contributed by atoms with E-state index in [9.17, 15) is 4.39 Å². The summed E-state index contributed by atoms with van der Waals surface area (Å²) >= 11 is 0. The Balaban J connectivity index is 2.07. The highest BCUT2D eigenvalue weighted by Gasteiger charge is 2.07. The van der Waals surface area contributed by atoms with E-state index in [1.54, 1.807) is 29.9 Å². The van der Waals surface area contributed by atoms with Crippen LogP contribution in [0, 0.1) is 5.82 Å². The molecule has 0 spiro atoms. The van der Waals surface area contributed by atoms with E-state index in [2.05, 4.69) is 20.1 Å². The van der Waals surface area contributed by atoms with Gasteiger partial charge in [0.1, 0.15) is 6.61 Å². The van der Waals surface area contributed by atoms with Gasteiger partial charge in [-0.25, -0.2) is 14.4 Å². The zero-order chi connectivity index (χ0) is 14.5. The van der Waals surface area contributed by atoms with E-state index >= 15 is 0 Å². The maximum atomic E-state index is 13.5. The number of halogens is 1. The van der Waals surface area contributed by atoms with Crippen LogP contribution in [0.3, 0.4) is 0 Å². The summed E-state index contributed by atoms with van der Waals surface area (Å²) in [5.74, 6) is -0.669. The zero-order valence-electron chi connectivity index (χ0n) is 11.5. The summed E-state index contributed by atoms with van der Waals surface area (Å²) < 4.78 is 20.5. The van der Waals surface area contributed by atoms with Gasteiger partial charge in [-0.1, -0.05) is 0 Å². The van der Waals surface area contributed by atoms with Gasteiger partial charge in [0, 0.05) is 27.3 Å². The van der Waals surface area contributed by atoms with Crippen molar-refractivity contribution >= 4 is 12.2 Å². The minimum absolute atomic E-state index is 0.0583. The molecule has 0 amide bonds. The fourth-order valence-electron chi connectivity index (χ4n) is 1.35. The van der Waals surface area contributed by atoms with Gasteiger partial charge >= 0.3 is 6.01 Å². The number of aromatic nitrogens is 4. The third kappa shape index (κ3) is 3.74. The highest BCUT2D eigenvalue weighted by atomic mass is 19.1. The smallest absolute Gasteiger partial charge is 0.318 e. The van der Waals surface area contributed by atoms with Crippen LogP contribution >= 0.6 is 0 Å². The highest BCUT2D eigenvalue weighted by molar-refractivity contribution is 5.59. The third-order valence-electron chi connectivity index (χ3n) is 2.23. The summed E-state index contributed by atoms with van der Waals surface area (Å²) in [6.07, 6.45) is 4.29. The molecule has 0 bridgehead atoms. The lowest BCUT2D eigenvalue weighted by molar-refractivity contribution is 0.274. The van der Waals surface area contributed by atoms with Crippen LogP contribution in [0.1, 0.15) is 5.69 Å². The van der Waals surface area contributed by atoms with Gasteiger partial charge in [0.2, 0.25) is 0 Å². The Morgan fingerprint density at radius 2 is 2.30 bits per heavy atom. The minimum Gasteiger partial charge on any atom is -0.457 e. The van der Waals surface area contributed by atoms with E-state index in [1.807, 2.05) is 13.1 Å². The van der Waals surface area contributed by atoms with Gasteiger partial charge < -0.3 is 9.64 Å². The summed E-state index contributed by atoms with van der Waals surface area (Å²) in [7, 11) is 5.37. The van der Waals surface area contributed by atoms with Crippen molar-refractivity contribution < 1.29 is 9.13 Å². The van der Waals surface area contributed by atoms with Crippen molar-refractivity contribution in [1.29, 1.82) is 0 Å². The number of aliphatic imine (C=N–C) groups is 1. The van der Waals surface area contributed by atoms with E-state index in [1.165, 1.54) is 6.34 Å². The summed E-state index contributed by atoms with van der Waals surface area (Å²) in [4.78, 5) is 13.2. The molecule has 0 fully saturated rings. The Hall–Kier alpha value is -2.51. The van der Waals surface area contributed by atoms with Crippen LogP contribution < -0.4 is 4.74 Å². The molecule has 0 unspecified atom stereocenters. The Morgan fingerprint density at radius 3 is 2.95 bits per heavy atom. The molecule has 0 aliphatic carbocycles. The maximum absolute atomic E-state index is 13.5. The predicted molar refractivity (Wildman–Crippen MR) is 71.4 cm³/mol. The summed E-state index contributed by atoms with van der Waals surface area (Å²) in [5, 5.41) is 4.15. The Kier molecular flexibility index (Phi) is 4.24. The van der Waals surface area contributed by atoms with E-state index in [4.69, 9.17) is 4.74 Å². The van der Waals surface area contributed by atoms with Gasteiger partial charge in [-0.2, -0.15) is 10.1 Å². The van der Waals surface area contributed by atoms with Crippen LogP contribution in [0.5, 0.6) is 6.01 Å². The van der Waals surface area contributed by atoms with Crippen LogP contribution in [0.15, 0.2) is 23.5 Å². The highest BCUT2D eigenvalue weighted by Crippen LogP contribution is 2.16. The first-order valence-electron chi connectivity index (χ1n) is 5.89. The lowest BCUT2D eigenvalue weighted by atomic mass is 10.5. The fraction of sp³-hybridized carbons (Fsp3) is 0.333. The van der Waals surface area contributed by atoms with Crippen molar-refractivity contribution in [1.82, 2.24) is 24.6 Å². The van der Waals surface area contributed by atoms with Gasteiger partial charge in [0.25, 0.3) is 0 Å². The molecule has 106 valence electrons. The molecule has 2 heterocycles. The van der Waals surface area contributed by atoms with Crippen LogP contribution in [-0.2, 0) is 13.7 Å². The van der Waals surface area contributed by atoms with E-state index in [0.717, 1.165) is 11.9 Å². The first-order valence-corrected chi connectivity index (χ1v) is 5.89. The maximum Gasteiger partial charge on any atom is 0.318 e. The Morgan fingerprint density at radius 1 is 1.50 bits per heavy atom. The number of hydrogen-bond donors (Lipinski definition) is 0. The average Bonchev–Trinajstić information content (AvgIpc) is 2.82. The monoisotopic (exact) mass is 278 g/mol. The number of nitrogens with zero attached hydrogens (tertiary/aromatic N) is 6. The zero-order valence-corrected chi connectivity index (χ0v) is 11.5. The largest absolute Gasteiger partial charge is 0.457 e. The molecule has 2 rings (SSSR count). The van der Waals surface area contributed by atoms with Crippen molar-refractivity contribution in [2.75, 3.05) is 14.1 Å². The number of rotatable bonds is 5. The molecule has 2 aromatic heterocycles. The molecule has 0 radical (unpaired) electrons. The van der Waals surface area contributed by atoms with Gasteiger partial charge in [0.05, 0.1) is 18.2 Å². The first-order chi connectivity index (χ1) is 9.54. The van der Waals surface area contributed by atoms with E-state index in [-0.39, 0.29) is 18.4 Å². The molecule has 2 aromatic rings. The first kappa shape index (κ1) is 13.9. The van der Waals surface area contributed by atoms with Gasteiger partial charge in [-0.3, -0.25) is 4.68 Å². The fourth-order valence-corrected chi connectivity index (χ4v) is 1.35. The molecule has 7 nitrogen and oxygen atoms in total. The standard InChI is InChI=1S/C12H15FN6O/c1-18(2)8-15-11-10(13)6-14-12(16-11)20-7-9-4-5-19(3)17-9/h4-6,8H,7H2,1-3H3. The van der Waals surface area contributed by atoms with Crippen molar-refractivity contribution in [3.63, 3.8) is 0 Å². The normalized spacial score (nSPS) is 11.0. The predicted octanol–water partition coefficient (Wildman–Crippen LogP) is 1.15. The molecule has 0 aromatic carbocycles. The molecule has 0 aliphatic rings. The summed E-state index contributed by atoms with van der Waals surface area (Å²) in [6.45, 7) is 0.212. The molecule has 20 heavy (non-hydrogen) atoms. The van der Waals surface area contributed by atoms with Crippen LogP contribution in [-0.4, -0.2) is 45.1 Å². The lowest BCUT2D eigenvalue weighted by Crippen LogP contribution is -2.07. The van der Waals surface area contributed by atoms with Crippen molar-refractivity contribution in [2.24, 2.45) is 12.0 Å². The van der Waals surface area contributed by atoms with Gasteiger partial charge in [0.15, 0.2) is 11.6 Å². The number of hydrogen-bond acceptors (Lipinski definition) is 5. The SMILES string of the molecule is CN(C)C=Nc1nc(OCc2ccn(C)n2)ncc1F.